The van der Waals surface area contributed by atoms with Gasteiger partial charge in [0.25, 0.3) is 0 Å². The van der Waals surface area contributed by atoms with Crippen LogP contribution < -0.4 is 5.32 Å². The number of carbonyl (C=O) groups is 1. The first kappa shape index (κ1) is 16.3. The van der Waals surface area contributed by atoms with Crippen LogP contribution in [0, 0.1) is 0 Å². The summed E-state index contributed by atoms with van der Waals surface area (Å²) in [5, 5.41) is 48.1. The Hall–Kier alpha value is -0.730. The van der Waals surface area contributed by atoms with E-state index in [0.29, 0.717) is 6.42 Å². The quantitative estimate of drug-likeness (QED) is 0.279. The normalized spacial score (nSPS) is 18.2. The van der Waals surface area contributed by atoms with Gasteiger partial charge in [-0.3, -0.25) is 4.79 Å². The predicted octanol–water partition coefficient (Wildman–Crippen LogP) is -2.66. The molecule has 102 valence electrons. The van der Waals surface area contributed by atoms with E-state index in [1.54, 1.807) is 6.92 Å². The van der Waals surface area contributed by atoms with Crippen molar-refractivity contribution in [1.82, 2.24) is 5.32 Å². The number of rotatable bonds is 8. The minimum Gasteiger partial charge on any atom is -0.394 e. The van der Waals surface area contributed by atoms with E-state index in [0.717, 1.165) is 0 Å². The zero-order chi connectivity index (χ0) is 13.4. The van der Waals surface area contributed by atoms with Crippen LogP contribution in [0.25, 0.3) is 0 Å². The Balaban J connectivity index is 4.38. The third-order valence-corrected chi connectivity index (χ3v) is 2.36. The van der Waals surface area contributed by atoms with Gasteiger partial charge < -0.3 is 30.8 Å². The summed E-state index contributed by atoms with van der Waals surface area (Å²) < 4.78 is 0. The predicted molar refractivity (Wildman–Crippen MR) is 59.0 cm³/mol. The summed E-state index contributed by atoms with van der Waals surface area (Å²) in [5.41, 5.74) is 0. The lowest BCUT2D eigenvalue weighted by molar-refractivity contribution is -0.126. The van der Waals surface area contributed by atoms with E-state index >= 15 is 0 Å². The van der Waals surface area contributed by atoms with Gasteiger partial charge in [0.2, 0.25) is 5.91 Å². The summed E-state index contributed by atoms with van der Waals surface area (Å²) in [6, 6.07) is -1.08. The molecular formula is C10H21NO6. The van der Waals surface area contributed by atoms with Crippen LogP contribution in [0.3, 0.4) is 0 Å². The highest BCUT2D eigenvalue weighted by molar-refractivity contribution is 5.76. The molecule has 0 aliphatic rings. The maximum absolute atomic E-state index is 11.3. The van der Waals surface area contributed by atoms with E-state index in [-0.39, 0.29) is 12.3 Å². The smallest absolute Gasteiger partial charge is 0.220 e. The molecule has 0 aromatic carbocycles. The fourth-order valence-electron chi connectivity index (χ4n) is 1.32. The van der Waals surface area contributed by atoms with Gasteiger partial charge >= 0.3 is 0 Å². The van der Waals surface area contributed by atoms with Crippen LogP contribution in [0.1, 0.15) is 19.8 Å². The van der Waals surface area contributed by atoms with Crippen molar-refractivity contribution >= 4 is 5.91 Å². The SMILES string of the molecule is CCCC(=O)NC(CO)C(O)C(O)C(O)CO. The van der Waals surface area contributed by atoms with Crippen LogP contribution in [0.5, 0.6) is 0 Å². The lowest BCUT2D eigenvalue weighted by Crippen LogP contribution is -2.54. The van der Waals surface area contributed by atoms with Gasteiger partial charge in [0.1, 0.15) is 18.3 Å². The number of hydrogen-bond acceptors (Lipinski definition) is 6. The lowest BCUT2D eigenvalue weighted by Gasteiger charge is -2.28. The maximum atomic E-state index is 11.3. The minimum absolute atomic E-state index is 0.238. The van der Waals surface area contributed by atoms with E-state index in [1.807, 2.05) is 0 Å². The van der Waals surface area contributed by atoms with Gasteiger partial charge in [-0.1, -0.05) is 6.92 Å². The van der Waals surface area contributed by atoms with Crippen LogP contribution in [-0.2, 0) is 4.79 Å². The first-order valence-corrected chi connectivity index (χ1v) is 5.53. The maximum Gasteiger partial charge on any atom is 0.220 e. The summed E-state index contributed by atoms with van der Waals surface area (Å²) in [6.45, 7) is 0.499. The molecule has 17 heavy (non-hydrogen) atoms. The van der Waals surface area contributed by atoms with Crippen molar-refractivity contribution in [3.63, 3.8) is 0 Å². The van der Waals surface area contributed by atoms with Crippen LogP contribution in [0.4, 0.5) is 0 Å². The van der Waals surface area contributed by atoms with Crippen molar-refractivity contribution in [3.8, 4) is 0 Å². The molecule has 6 N–H and O–H groups in total. The number of carbonyl (C=O) groups excluding carboxylic acids is 1. The molecule has 0 rings (SSSR count). The Morgan fingerprint density at radius 2 is 1.71 bits per heavy atom. The van der Waals surface area contributed by atoms with Crippen molar-refractivity contribution in [2.24, 2.45) is 0 Å². The summed E-state index contributed by atoms with van der Waals surface area (Å²) in [4.78, 5) is 11.3. The molecule has 0 aromatic heterocycles. The van der Waals surface area contributed by atoms with Gasteiger partial charge in [-0.2, -0.15) is 0 Å². The molecule has 0 aliphatic heterocycles. The van der Waals surface area contributed by atoms with E-state index in [9.17, 15) is 15.0 Å². The summed E-state index contributed by atoms with van der Waals surface area (Å²) >= 11 is 0. The van der Waals surface area contributed by atoms with Crippen molar-refractivity contribution < 1.29 is 30.3 Å². The summed E-state index contributed by atoms with van der Waals surface area (Å²) in [5.74, 6) is -0.365. The molecule has 0 fully saturated rings. The first-order chi connectivity index (χ1) is 7.97. The molecule has 4 unspecified atom stereocenters. The third kappa shape index (κ3) is 5.42. The number of aliphatic hydroxyl groups is 5. The average molecular weight is 251 g/mol. The monoisotopic (exact) mass is 251 g/mol. The van der Waals surface area contributed by atoms with Crippen molar-refractivity contribution in [1.29, 1.82) is 0 Å². The van der Waals surface area contributed by atoms with Crippen LogP contribution in [0.2, 0.25) is 0 Å². The molecule has 0 heterocycles. The zero-order valence-electron chi connectivity index (χ0n) is 9.78. The van der Waals surface area contributed by atoms with Crippen molar-refractivity contribution in [3.05, 3.63) is 0 Å². The van der Waals surface area contributed by atoms with E-state index < -0.39 is 37.6 Å². The second-order valence-corrected chi connectivity index (χ2v) is 3.84. The molecule has 1 amide bonds. The van der Waals surface area contributed by atoms with Gasteiger partial charge in [-0.25, -0.2) is 0 Å². The standard InChI is InChI=1S/C10H21NO6/c1-2-3-8(15)11-6(4-12)9(16)10(17)7(14)5-13/h6-7,9-10,12-14,16-17H,2-5H2,1H3,(H,11,15). The lowest BCUT2D eigenvalue weighted by atomic mass is 10.0. The second-order valence-electron chi connectivity index (χ2n) is 3.84. The average Bonchev–Trinajstić information content (AvgIpc) is 2.33. The molecule has 4 atom stereocenters. The van der Waals surface area contributed by atoms with Crippen LogP contribution >= 0.6 is 0 Å². The van der Waals surface area contributed by atoms with Crippen LogP contribution in [-0.4, -0.2) is 69.0 Å². The Labute approximate surface area is 99.7 Å². The van der Waals surface area contributed by atoms with E-state index in [2.05, 4.69) is 5.32 Å². The highest BCUT2D eigenvalue weighted by Gasteiger charge is 2.31. The molecule has 0 aromatic rings. The molecule has 0 radical (unpaired) electrons. The Morgan fingerprint density at radius 1 is 1.12 bits per heavy atom. The molecule has 7 heteroatoms. The first-order valence-electron chi connectivity index (χ1n) is 5.53. The van der Waals surface area contributed by atoms with Crippen molar-refractivity contribution in [2.75, 3.05) is 13.2 Å². The minimum atomic E-state index is -1.64. The summed E-state index contributed by atoms with van der Waals surface area (Å²) in [7, 11) is 0. The Kier molecular flexibility index (Phi) is 8.01. The molecule has 0 saturated heterocycles. The van der Waals surface area contributed by atoms with Gasteiger partial charge in [-0.15, -0.1) is 0 Å². The van der Waals surface area contributed by atoms with Gasteiger partial charge in [0, 0.05) is 6.42 Å². The third-order valence-electron chi connectivity index (χ3n) is 2.36. The topological polar surface area (TPSA) is 130 Å². The Bertz CT molecular complexity index is 225. The highest BCUT2D eigenvalue weighted by atomic mass is 16.4. The van der Waals surface area contributed by atoms with Crippen molar-refractivity contribution in [2.45, 2.75) is 44.1 Å². The molecule has 0 spiro atoms. The largest absolute Gasteiger partial charge is 0.394 e. The fraction of sp³-hybridized carbons (Fsp3) is 0.900. The number of amides is 1. The molecule has 7 nitrogen and oxygen atoms in total. The van der Waals surface area contributed by atoms with E-state index in [4.69, 9.17) is 15.3 Å². The number of hydrogen-bond donors (Lipinski definition) is 6. The summed E-state index contributed by atoms with van der Waals surface area (Å²) in [6.07, 6.45) is -3.87. The highest BCUT2D eigenvalue weighted by Crippen LogP contribution is 2.05. The van der Waals surface area contributed by atoms with Gasteiger partial charge in [0.15, 0.2) is 0 Å². The van der Waals surface area contributed by atoms with Gasteiger partial charge in [0.05, 0.1) is 19.3 Å². The number of aliphatic hydroxyl groups excluding tert-OH is 5. The number of nitrogens with one attached hydrogen (secondary N) is 1. The van der Waals surface area contributed by atoms with Gasteiger partial charge in [-0.05, 0) is 6.42 Å². The van der Waals surface area contributed by atoms with E-state index in [1.165, 1.54) is 0 Å². The molecule has 0 saturated carbocycles. The molecule has 0 bridgehead atoms. The fourth-order valence-corrected chi connectivity index (χ4v) is 1.32. The second kappa shape index (κ2) is 8.37. The Morgan fingerprint density at radius 3 is 2.12 bits per heavy atom. The zero-order valence-corrected chi connectivity index (χ0v) is 9.78. The molecular weight excluding hydrogens is 230 g/mol. The molecule has 0 aliphatic carbocycles. The van der Waals surface area contributed by atoms with Crippen LogP contribution in [0.15, 0.2) is 0 Å².